The van der Waals surface area contributed by atoms with Crippen LogP contribution in [0.4, 0.5) is 8.78 Å². The smallest absolute Gasteiger partial charge is 0.131 e. The van der Waals surface area contributed by atoms with E-state index in [4.69, 9.17) is 0 Å². The second kappa shape index (κ2) is 6.61. The highest BCUT2D eigenvalue weighted by Crippen LogP contribution is 2.12. The number of nitrogens with one attached hydrogen (secondary N) is 1. The zero-order chi connectivity index (χ0) is 14.5. The van der Waals surface area contributed by atoms with Crippen molar-refractivity contribution in [2.75, 3.05) is 6.54 Å². The maximum atomic E-state index is 13.6. The van der Waals surface area contributed by atoms with Gasteiger partial charge in [-0.1, -0.05) is 19.9 Å². The predicted octanol–water partition coefficient (Wildman–Crippen LogP) is 2.96. The zero-order valence-corrected chi connectivity index (χ0v) is 11.7. The molecule has 0 aliphatic rings. The molecule has 0 radical (unpaired) electrons. The van der Waals surface area contributed by atoms with Crippen LogP contribution < -0.4 is 5.32 Å². The Labute approximate surface area is 117 Å². The minimum atomic E-state index is -0.560. The maximum Gasteiger partial charge on any atom is 0.131 e. The van der Waals surface area contributed by atoms with Crippen molar-refractivity contribution in [1.82, 2.24) is 14.9 Å². The lowest BCUT2D eigenvalue weighted by atomic mass is 10.2. The van der Waals surface area contributed by atoms with E-state index in [2.05, 4.69) is 24.1 Å². The Morgan fingerprint density at radius 2 is 2.10 bits per heavy atom. The fraction of sp³-hybridized carbons (Fsp3) is 0.400. The molecular formula is C15H19F2N3. The van der Waals surface area contributed by atoms with Crippen molar-refractivity contribution in [2.24, 2.45) is 5.92 Å². The summed E-state index contributed by atoms with van der Waals surface area (Å²) in [7, 11) is 0. The summed E-state index contributed by atoms with van der Waals surface area (Å²) < 4.78 is 28.4. The molecule has 1 heterocycles. The van der Waals surface area contributed by atoms with Gasteiger partial charge in [-0.2, -0.15) is 0 Å². The van der Waals surface area contributed by atoms with Crippen molar-refractivity contribution < 1.29 is 8.78 Å². The molecule has 0 spiro atoms. The molecule has 0 amide bonds. The first-order valence-corrected chi connectivity index (χ1v) is 6.71. The Balaban J connectivity index is 2.04. The SMILES string of the molecule is CC(C)CNCc1nccn1Cc1ccc(F)cc1F. The van der Waals surface area contributed by atoms with Crippen molar-refractivity contribution in [3.8, 4) is 0 Å². The molecular weight excluding hydrogens is 260 g/mol. The van der Waals surface area contributed by atoms with Gasteiger partial charge >= 0.3 is 0 Å². The Morgan fingerprint density at radius 1 is 1.30 bits per heavy atom. The van der Waals surface area contributed by atoms with Gasteiger partial charge in [0.1, 0.15) is 17.5 Å². The quantitative estimate of drug-likeness (QED) is 0.881. The van der Waals surface area contributed by atoms with Gasteiger partial charge in [-0.3, -0.25) is 0 Å². The molecule has 3 nitrogen and oxygen atoms in total. The van der Waals surface area contributed by atoms with Gasteiger partial charge in [-0.25, -0.2) is 13.8 Å². The molecule has 0 aliphatic carbocycles. The maximum absolute atomic E-state index is 13.6. The molecule has 0 saturated carbocycles. The zero-order valence-electron chi connectivity index (χ0n) is 11.7. The van der Waals surface area contributed by atoms with Crippen LogP contribution in [0.15, 0.2) is 30.6 Å². The largest absolute Gasteiger partial charge is 0.329 e. The van der Waals surface area contributed by atoms with E-state index in [-0.39, 0.29) is 0 Å². The Morgan fingerprint density at radius 3 is 2.80 bits per heavy atom. The lowest BCUT2D eigenvalue weighted by Gasteiger charge is -2.11. The molecule has 0 atom stereocenters. The summed E-state index contributed by atoms with van der Waals surface area (Å²) >= 11 is 0. The number of aromatic nitrogens is 2. The Kier molecular flexibility index (Phi) is 4.84. The van der Waals surface area contributed by atoms with Crippen molar-refractivity contribution >= 4 is 0 Å². The summed E-state index contributed by atoms with van der Waals surface area (Å²) in [6.45, 7) is 6.15. The Hall–Kier alpha value is -1.75. The first kappa shape index (κ1) is 14.7. The van der Waals surface area contributed by atoms with Gasteiger partial charge in [0.2, 0.25) is 0 Å². The van der Waals surface area contributed by atoms with E-state index in [1.54, 1.807) is 12.4 Å². The van der Waals surface area contributed by atoms with Gasteiger partial charge in [0.25, 0.3) is 0 Å². The van der Waals surface area contributed by atoms with Gasteiger partial charge in [0.15, 0.2) is 0 Å². The summed E-state index contributed by atoms with van der Waals surface area (Å²) in [6.07, 6.45) is 3.49. The lowest BCUT2D eigenvalue weighted by molar-refractivity contribution is 0.528. The number of rotatable bonds is 6. The third kappa shape index (κ3) is 3.87. The minimum absolute atomic E-state index is 0.352. The topological polar surface area (TPSA) is 29.9 Å². The third-order valence-corrected chi connectivity index (χ3v) is 2.99. The third-order valence-electron chi connectivity index (χ3n) is 2.99. The van der Waals surface area contributed by atoms with Crippen LogP contribution in [0.2, 0.25) is 0 Å². The first-order valence-electron chi connectivity index (χ1n) is 6.71. The van der Waals surface area contributed by atoms with E-state index in [0.29, 0.717) is 24.6 Å². The summed E-state index contributed by atoms with van der Waals surface area (Å²) in [5.41, 5.74) is 0.453. The molecule has 20 heavy (non-hydrogen) atoms. The molecule has 0 fully saturated rings. The van der Waals surface area contributed by atoms with Crippen LogP contribution in [-0.4, -0.2) is 16.1 Å². The highest BCUT2D eigenvalue weighted by Gasteiger charge is 2.08. The van der Waals surface area contributed by atoms with Crippen molar-refractivity contribution in [1.29, 1.82) is 0 Å². The van der Waals surface area contributed by atoms with Crippen LogP contribution >= 0.6 is 0 Å². The fourth-order valence-corrected chi connectivity index (χ4v) is 1.96. The van der Waals surface area contributed by atoms with E-state index in [0.717, 1.165) is 18.4 Å². The van der Waals surface area contributed by atoms with Gasteiger partial charge in [-0.15, -0.1) is 0 Å². The standard InChI is InChI=1S/C15H19F2N3/c1-11(2)8-18-9-15-19-5-6-20(15)10-12-3-4-13(16)7-14(12)17/h3-7,11,18H,8-10H2,1-2H3. The van der Waals surface area contributed by atoms with Gasteiger partial charge in [-0.05, 0) is 18.5 Å². The van der Waals surface area contributed by atoms with E-state index >= 15 is 0 Å². The molecule has 0 unspecified atom stereocenters. The fourth-order valence-electron chi connectivity index (χ4n) is 1.96. The van der Waals surface area contributed by atoms with E-state index in [1.807, 2.05) is 4.57 Å². The molecule has 2 rings (SSSR count). The minimum Gasteiger partial charge on any atom is -0.329 e. The number of halogens is 2. The Bertz CT molecular complexity index is 564. The summed E-state index contributed by atoms with van der Waals surface area (Å²) in [5.74, 6) is 0.317. The van der Waals surface area contributed by atoms with Crippen LogP contribution in [0.1, 0.15) is 25.2 Å². The summed E-state index contributed by atoms with van der Waals surface area (Å²) in [6, 6.07) is 3.64. The second-order valence-corrected chi connectivity index (χ2v) is 5.23. The highest BCUT2D eigenvalue weighted by molar-refractivity contribution is 5.19. The van der Waals surface area contributed by atoms with Gasteiger partial charge in [0, 0.05) is 24.0 Å². The second-order valence-electron chi connectivity index (χ2n) is 5.23. The summed E-state index contributed by atoms with van der Waals surface area (Å²) in [4.78, 5) is 4.26. The van der Waals surface area contributed by atoms with Crippen molar-refractivity contribution in [2.45, 2.75) is 26.9 Å². The number of imidazole rings is 1. The molecule has 0 bridgehead atoms. The number of hydrogen-bond acceptors (Lipinski definition) is 2. The normalized spacial score (nSPS) is 11.2. The van der Waals surface area contributed by atoms with Crippen LogP contribution in [0.3, 0.4) is 0 Å². The van der Waals surface area contributed by atoms with Crippen LogP contribution in [0.5, 0.6) is 0 Å². The number of hydrogen-bond donors (Lipinski definition) is 1. The molecule has 1 N–H and O–H groups in total. The number of benzene rings is 1. The predicted molar refractivity (Wildman–Crippen MR) is 74.2 cm³/mol. The summed E-state index contributed by atoms with van der Waals surface area (Å²) in [5, 5.41) is 3.30. The highest BCUT2D eigenvalue weighted by atomic mass is 19.1. The van der Waals surface area contributed by atoms with E-state index in [9.17, 15) is 8.78 Å². The first-order chi connectivity index (χ1) is 9.56. The molecule has 108 valence electrons. The lowest BCUT2D eigenvalue weighted by Crippen LogP contribution is -2.21. The van der Waals surface area contributed by atoms with E-state index < -0.39 is 11.6 Å². The van der Waals surface area contributed by atoms with Crippen LogP contribution in [0, 0.1) is 17.6 Å². The van der Waals surface area contributed by atoms with Gasteiger partial charge < -0.3 is 9.88 Å². The van der Waals surface area contributed by atoms with Crippen molar-refractivity contribution in [3.63, 3.8) is 0 Å². The van der Waals surface area contributed by atoms with Gasteiger partial charge in [0.05, 0.1) is 13.1 Å². The van der Waals surface area contributed by atoms with Crippen LogP contribution in [-0.2, 0) is 13.1 Å². The molecule has 1 aromatic heterocycles. The molecule has 0 saturated heterocycles. The monoisotopic (exact) mass is 279 g/mol. The van der Waals surface area contributed by atoms with Crippen LogP contribution in [0.25, 0.3) is 0 Å². The average Bonchev–Trinajstić information content (AvgIpc) is 2.80. The molecule has 1 aromatic carbocycles. The average molecular weight is 279 g/mol. The molecule has 0 aliphatic heterocycles. The number of nitrogens with zero attached hydrogens (tertiary/aromatic N) is 2. The van der Waals surface area contributed by atoms with Crippen molar-refractivity contribution in [3.05, 3.63) is 53.6 Å². The molecule has 5 heteroatoms. The van der Waals surface area contributed by atoms with E-state index in [1.165, 1.54) is 12.1 Å². The molecule has 2 aromatic rings.